The molecule has 2 atom stereocenters. The van der Waals surface area contributed by atoms with E-state index in [1.165, 1.54) is 6.42 Å². The number of hydrogen-bond donors (Lipinski definition) is 1. The zero-order valence-electron chi connectivity index (χ0n) is 10.1. The molecule has 0 spiro atoms. The molecule has 96 valence electrons. The molecule has 1 amide bonds. The summed E-state index contributed by atoms with van der Waals surface area (Å²) >= 11 is 3.40. The Morgan fingerprint density at radius 1 is 1.50 bits per heavy atom. The second-order valence-corrected chi connectivity index (χ2v) is 5.84. The molecule has 1 aromatic rings. The van der Waals surface area contributed by atoms with Crippen molar-refractivity contribution < 1.29 is 4.79 Å². The van der Waals surface area contributed by atoms with Crippen molar-refractivity contribution >= 4 is 21.8 Å². The van der Waals surface area contributed by atoms with Gasteiger partial charge in [0.2, 0.25) is 0 Å². The number of amides is 1. The highest BCUT2D eigenvalue weighted by Crippen LogP contribution is 2.26. The highest BCUT2D eigenvalue weighted by molar-refractivity contribution is 9.10. The summed E-state index contributed by atoms with van der Waals surface area (Å²) in [6.45, 7) is 2.78. The van der Waals surface area contributed by atoms with Gasteiger partial charge < -0.3 is 10.2 Å². The number of carbonyl (C=O) groups excluding carboxylic acids is 1. The van der Waals surface area contributed by atoms with Crippen LogP contribution in [0.25, 0.3) is 0 Å². The molecule has 4 nitrogen and oxygen atoms in total. The molecule has 2 unspecified atom stereocenters. The van der Waals surface area contributed by atoms with Gasteiger partial charge in [0.25, 0.3) is 5.91 Å². The molecule has 0 radical (unpaired) electrons. The lowest BCUT2D eigenvalue weighted by Crippen LogP contribution is -2.47. The summed E-state index contributed by atoms with van der Waals surface area (Å²) < 4.78 is 0.779. The van der Waals surface area contributed by atoms with E-state index < -0.39 is 0 Å². The summed E-state index contributed by atoms with van der Waals surface area (Å²) in [5.74, 6) is 0.665. The van der Waals surface area contributed by atoms with Gasteiger partial charge in [-0.15, -0.1) is 0 Å². The van der Waals surface area contributed by atoms with Crippen molar-refractivity contribution in [3.05, 3.63) is 28.5 Å². The third kappa shape index (κ3) is 2.17. The molecule has 2 aliphatic rings. The maximum absolute atomic E-state index is 12.4. The Morgan fingerprint density at radius 3 is 3.22 bits per heavy atom. The maximum atomic E-state index is 12.4. The molecular weight excluding hydrogens is 294 g/mol. The fourth-order valence-corrected chi connectivity index (χ4v) is 3.35. The molecule has 1 aromatic heterocycles. The van der Waals surface area contributed by atoms with Gasteiger partial charge in [-0.25, -0.2) is 4.98 Å². The summed E-state index contributed by atoms with van der Waals surface area (Å²) in [5.41, 5.74) is 0.530. The van der Waals surface area contributed by atoms with Crippen molar-refractivity contribution in [2.24, 2.45) is 5.92 Å². The van der Waals surface area contributed by atoms with E-state index in [1.807, 2.05) is 17.0 Å². The number of carbonyl (C=O) groups is 1. The number of likely N-dealkylation sites (tertiary alicyclic amines) is 1. The molecule has 2 aliphatic heterocycles. The third-order valence-electron chi connectivity index (χ3n) is 3.90. The molecule has 5 heteroatoms. The van der Waals surface area contributed by atoms with Gasteiger partial charge in [0.1, 0.15) is 5.69 Å². The van der Waals surface area contributed by atoms with Crippen molar-refractivity contribution in [1.82, 2.24) is 15.2 Å². The fraction of sp³-hybridized carbons (Fsp3) is 0.538. The number of piperidine rings is 1. The second-order valence-electron chi connectivity index (χ2n) is 4.98. The van der Waals surface area contributed by atoms with Crippen LogP contribution in [0.3, 0.4) is 0 Å². The first-order chi connectivity index (χ1) is 8.75. The SMILES string of the molecule is O=C(c1ncccc1Br)N1CCC2NCCC2C1. The molecule has 0 saturated carbocycles. The topological polar surface area (TPSA) is 45.2 Å². The van der Waals surface area contributed by atoms with E-state index in [2.05, 4.69) is 26.2 Å². The van der Waals surface area contributed by atoms with Crippen LogP contribution in [0.4, 0.5) is 0 Å². The molecule has 3 heterocycles. The fourth-order valence-electron chi connectivity index (χ4n) is 2.92. The van der Waals surface area contributed by atoms with Crippen molar-refractivity contribution in [3.63, 3.8) is 0 Å². The standard InChI is InChI=1S/C13H16BrN3O/c14-10-2-1-5-16-12(10)13(18)17-7-4-11-9(8-17)3-6-15-11/h1-2,5,9,11,15H,3-4,6-8H2. The Hall–Kier alpha value is -0.940. The van der Waals surface area contributed by atoms with E-state index in [4.69, 9.17) is 0 Å². The normalized spacial score (nSPS) is 27.1. The largest absolute Gasteiger partial charge is 0.337 e. The van der Waals surface area contributed by atoms with Gasteiger partial charge in [0.15, 0.2) is 0 Å². The van der Waals surface area contributed by atoms with Crippen molar-refractivity contribution in [2.75, 3.05) is 19.6 Å². The van der Waals surface area contributed by atoms with Crippen LogP contribution in [0, 0.1) is 5.92 Å². The van der Waals surface area contributed by atoms with Crippen LogP contribution in [0.1, 0.15) is 23.3 Å². The average Bonchev–Trinajstić information content (AvgIpc) is 2.85. The monoisotopic (exact) mass is 309 g/mol. The summed E-state index contributed by atoms with van der Waals surface area (Å²) in [4.78, 5) is 18.6. The maximum Gasteiger partial charge on any atom is 0.273 e. The van der Waals surface area contributed by atoms with Gasteiger partial charge >= 0.3 is 0 Å². The molecular formula is C13H16BrN3O. The Labute approximate surface area is 115 Å². The molecule has 2 fully saturated rings. The number of pyridine rings is 1. The number of nitrogens with one attached hydrogen (secondary N) is 1. The minimum absolute atomic E-state index is 0.0489. The third-order valence-corrected chi connectivity index (χ3v) is 4.54. The lowest BCUT2D eigenvalue weighted by atomic mass is 9.93. The van der Waals surface area contributed by atoms with E-state index in [9.17, 15) is 4.79 Å². The second kappa shape index (κ2) is 4.97. The Bertz CT molecular complexity index is 465. The predicted molar refractivity (Wildman–Crippen MR) is 72.4 cm³/mol. The van der Waals surface area contributed by atoms with Gasteiger partial charge in [0, 0.05) is 29.8 Å². The average molecular weight is 310 g/mol. The minimum atomic E-state index is 0.0489. The van der Waals surface area contributed by atoms with E-state index >= 15 is 0 Å². The Kier molecular flexibility index (Phi) is 3.35. The quantitative estimate of drug-likeness (QED) is 0.858. The number of fused-ring (bicyclic) bond motifs is 1. The van der Waals surface area contributed by atoms with Crippen molar-refractivity contribution in [2.45, 2.75) is 18.9 Å². The number of rotatable bonds is 1. The van der Waals surface area contributed by atoms with Crippen LogP contribution in [0.5, 0.6) is 0 Å². The van der Waals surface area contributed by atoms with Crippen LogP contribution in [0.2, 0.25) is 0 Å². The zero-order chi connectivity index (χ0) is 12.5. The lowest BCUT2D eigenvalue weighted by Gasteiger charge is -2.34. The number of halogens is 1. The molecule has 2 saturated heterocycles. The summed E-state index contributed by atoms with van der Waals surface area (Å²) in [6.07, 6.45) is 3.90. The summed E-state index contributed by atoms with van der Waals surface area (Å²) in [5, 5.41) is 3.51. The van der Waals surface area contributed by atoms with Gasteiger partial charge in [0.05, 0.1) is 0 Å². The predicted octanol–water partition coefficient (Wildman–Crippen LogP) is 1.67. The van der Waals surface area contributed by atoms with Crippen LogP contribution in [-0.4, -0.2) is 41.5 Å². The number of hydrogen-bond acceptors (Lipinski definition) is 3. The van der Waals surface area contributed by atoms with Gasteiger partial charge in [-0.1, -0.05) is 0 Å². The van der Waals surface area contributed by atoms with E-state index in [0.29, 0.717) is 17.7 Å². The highest BCUT2D eigenvalue weighted by Gasteiger charge is 2.35. The van der Waals surface area contributed by atoms with Crippen LogP contribution in [-0.2, 0) is 0 Å². The smallest absolute Gasteiger partial charge is 0.273 e. The molecule has 0 aromatic carbocycles. The summed E-state index contributed by atoms with van der Waals surface area (Å²) in [7, 11) is 0. The van der Waals surface area contributed by atoms with Gasteiger partial charge in [-0.3, -0.25) is 4.79 Å². The Balaban J connectivity index is 1.75. The number of aromatic nitrogens is 1. The van der Waals surface area contributed by atoms with E-state index in [-0.39, 0.29) is 5.91 Å². The van der Waals surface area contributed by atoms with Crippen molar-refractivity contribution in [1.29, 1.82) is 0 Å². The number of nitrogens with zero attached hydrogens (tertiary/aromatic N) is 2. The first-order valence-electron chi connectivity index (χ1n) is 6.39. The first kappa shape index (κ1) is 12.1. The zero-order valence-corrected chi connectivity index (χ0v) is 11.7. The van der Waals surface area contributed by atoms with E-state index in [0.717, 1.165) is 30.5 Å². The van der Waals surface area contributed by atoms with E-state index in [1.54, 1.807) is 6.20 Å². The Morgan fingerprint density at radius 2 is 2.39 bits per heavy atom. The molecule has 0 bridgehead atoms. The molecule has 3 rings (SSSR count). The lowest BCUT2D eigenvalue weighted by molar-refractivity contribution is 0.0655. The molecule has 18 heavy (non-hydrogen) atoms. The molecule has 1 N–H and O–H groups in total. The van der Waals surface area contributed by atoms with Crippen LogP contribution in [0.15, 0.2) is 22.8 Å². The van der Waals surface area contributed by atoms with Crippen molar-refractivity contribution in [3.8, 4) is 0 Å². The first-order valence-corrected chi connectivity index (χ1v) is 7.18. The minimum Gasteiger partial charge on any atom is -0.337 e. The summed E-state index contributed by atoms with van der Waals surface area (Å²) in [6, 6.07) is 4.30. The highest BCUT2D eigenvalue weighted by atomic mass is 79.9. The van der Waals surface area contributed by atoms with Gasteiger partial charge in [-0.2, -0.15) is 0 Å². The van der Waals surface area contributed by atoms with Crippen LogP contribution < -0.4 is 5.32 Å². The van der Waals surface area contributed by atoms with Gasteiger partial charge in [-0.05, 0) is 53.4 Å². The molecule has 0 aliphatic carbocycles. The van der Waals surface area contributed by atoms with Crippen LogP contribution >= 0.6 is 15.9 Å².